The van der Waals surface area contributed by atoms with Gasteiger partial charge in [-0.1, -0.05) is 39.3 Å². The lowest BCUT2D eigenvalue weighted by Crippen LogP contribution is -2.24. The lowest BCUT2D eigenvalue weighted by atomic mass is 9.94. The van der Waals surface area contributed by atoms with Gasteiger partial charge in [0.25, 0.3) is 0 Å². The Morgan fingerprint density at radius 2 is 2.06 bits per heavy atom. The summed E-state index contributed by atoms with van der Waals surface area (Å²) < 4.78 is 1.33. The molecule has 0 aromatic heterocycles. The summed E-state index contributed by atoms with van der Waals surface area (Å²) >= 11 is 2.39. The van der Waals surface area contributed by atoms with E-state index in [0.29, 0.717) is 6.04 Å². The summed E-state index contributed by atoms with van der Waals surface area (Å²) in [6, 6.07) is 9.38. The van der Waals surface area contributed by atoms with Gasteiger partial charge in [0, 0.05) is 9.61 Å². The zero-order chi connectivity index (χ0) is 12.7. The molecular formula is C15H24IN. The first-order chi connectivity index (χ1) is 8.17. The second-order valence-corrected chi connectivity index (χ2v) is 6.06. The summed E-state index contributed by atoms with van der Waals surface area (Å²) in [6.07, 6.45) is 3.69. The second kappa shape index (κ2) is 8.09. The molecule has 2 unspecified atom stereocenters. The molecular weight excluding hydrogens is 321 g/mol. The molecule has 0 saturated heterocycles. The van der Waals surface area contributed by atoms with Gasteiger partial charge in [-0.05, 0) is 65.6 Å². The predicted molar refractivity (Wildman–Crippen MR) is 84.3 cm³/mol. The van der Waals surface area contributed by atoms with Crippen LogP contribution in [0, 0.1) is 9.49 Å². The second-order valence-electron chi connectivity index (χ2n) is 4.81. The van der Waals surface area contributed by atoms with Crippen molar-refractivity contribution in [2.75, 3.05) is 6.54 Å². The predicted octanol–water partition coefficient (Wildman–Crippen LogP) is 4.77. The van der Waals surface area contributed by atoms with Crippen LogP contribution in [0.3, 0.4) is 0 Å². The number of hydrogen-bond donors (Lipinski definition) is 1. The van der Waals surface area contributed by atoms with Crippen LogP contribution < -0.4 is 5.32 Å². The van der Waals surface area contributed by atoms with Gasteiger partial charge in [-0.25, -0.2) is 0 Å². The van der Waals surface area contributed by atoms with E-state index < -0.39 is 0 Å². The molecule has 0 saturated carbocycles. The molecule has 0 amide bonds. The summed E-state index contributed by atoms with van der Waals surface area (Å²) in [4.78, 5) is 0. The van der Waals surface area contributed by atoms with Crippen LogP contribution in [0.2, 0.25) is 0 Å². The minimum Gasteiger partial charge on any atom is -0.310 e. The van der Waals surface area contributed by atoms with Crippen molar-refractivity contribution in [1.29, 1.82) is 0 Å². The molecule has 1 rings (SSSR count). The standard InChI is InChI=1S/C15H24IN/c1-4-9-17-15(10-12(3)5-2)13-7-6-8-14(16)11-13/h6-8,11-12,15,17H,4-5,9-10H2,1-3H3. The molecule has 2 heteroatoms. The molecule has 0 aliphatic heterocycles. The average Bonchev–Trinajstić information content (AvgIpc) is 2.34. The maximum absolute atomic E-state index is 3.67. The number of halogens is 1. The fourth-order valence-electron chi connectivity index (χ4n) is 1.95. The number of nitrogens with one attached hydrogen (secondary N) is 1. The molecule has 1 aromatic rings. The van der Waals surface area contributed by atoms with Crippen LogP contribution in [-0.4, -0.2) is 6.54 Å². The van der Waals surface area contributed by atoms with E-state index in [0.717, 1.165) is 12.5 Å². The maximum atomic E-state index is 3.67. The van der Waals surface area contributed by atoms with Crippen molar-refractivity contribution >= 4 is 22.6 Å². The van der Waals surface area contributed by atoms with Gasteiger partial charge in [0.2, 0.25) is 0 Å². The summed E-state index contributed by atoms with van der Waals surface area (Å²) in [5, 5.41) is 3.67. The van der Waals surface area contributed by atoms with Crippen LogP contribution in [0.25, 0.3) is 0 Å². The van der Waals surface area contributed by atoms with Crippen molar-refractivity contribution < 1.29 is 0 Å². The van der Waals surface area contributed by atoms with Crippen LogP contribution in [0.4, 0.5) is 0 Å². The van der Waals surface area contributed by atoms with Crippen molar-refractivity contribution in [2.24, 2.45) is 5.92 Å². The van der Waals surface area contributed by atoms with Gasteiger partial charge < -0.3 is 5.32 Å². The smallest absolute Gasteiger partial charge is 0.0323 e. The molecule has 0 bridgehead atoms. The van der Waals surface area contributed by atoms with Gasteiger partial charge >= 0.3 is 0 Å². The Morgan fingerprint density at radius 3 is 2.65 bits per heavy atom. The topological polar surface area (TPSA) is 12.0 Å². The Labute approximate surface area is 120 Å². The molecule has 0 spiro atoms. The van der Waals surface area contributed by atoms with Crippen molar-refractivity contribution in [2.45, 2.75) is 46.1 Å². The SMILES string of the molecule is CCCNC(CC(C)CC)c1cccc(I)c1. The van der Waals surface area contributed by atoms with Gasteiger partial charge in [-0.15, -0.1) is 0 Å². The Hall–Kier alpha value is -0.0900. The third kappa shape index (κ3) is 5.38. The number of hydrogen-bond acceptors (Lipinski definition) is 1. The van der Waals surface area contributed by atoms with E-state index >= 15 is 0 Å². The summed E-state index contributed by atoms with van der Waals surface area (Å²) in [6.45, 7) is 7.94. The van der Waals surface area contributed by atoms with Gasteiger partial charge in [-0.2, -0.15) is 0 Å². The third-order valence-electron chi connectivity index (χ3n) is 3.23. The van der Waals surface area contributed by atoms with Gasteiger partial charge in [0.05, 0.1) is 0 Å². The molecule has 96 valence electrons. The Bertz CT molecular complexity index is 324. The summed E-state index contributed by atoms with van der Waals surface area (Å²) in [5.41, 5.74) is 1.44. The quantitative estimate of drug-likeness (QED) is 0.702. The Kier molecular flexibility index (Phi) is 7.12. The fraction of sp³-hybridized carbons (Fsp3) is 0.600. The highest BCUT2D eigenvalue weighted by Gasteiger charge is 2.13. The van der Waals surface area contributed by atoms with E-state index in [4.69, 9.17) is 0 Å². The maximum Gasteiger partial charge on any atom is 0.0323 e. The minimum absolute atomic E-state index is 0.514. The zero-order valence-corrected chi connectivity index (χ0v) is 13.3. The van der Waals surface area contributed by atoms with Crippen molar-refractivity contribution in [1.82, 2.24) is 5.32 Å². The first kappa shape index (κ1) is 15.0. The minimum atomic E-state index is 0.514. The zero-order valence-electron chi connectivity index (χ0n) is 11.2. The lowest BCUT2D eigenvalue weighted by Gasteiger charge is -2.22. The van der Waals surface area contributed by atoms with Gasteiger partial charge in [0.15, 0.2) is 0 Å². The first-order valence-corrected chi connectivity index (χ1v) is 7.74. The number of benzene rings is 1. The van der Waals surface area contributed by atoms with Crippen molar-refractivity contribution in [3.05, 3.63) is 33.4 Å². The highest BCUT2D eigenvalue weighted by molar-refractivity contribution is 14.1. The molecule has 1 N–H and O–H groups in total. The molecule has 0 aliphatic carbocycles. The molecule has 0 heterocycles. The van der Waals surface area contributed by atoms with Gasteiger partial charge in [-0.3, -0.25) is 0 Å². The molecule has 1 aromatic carbocycles. The van der Waals surface area contributed by atoms with E-state index in [2.05, 4.69) is 72.9 Å². The molecule has 2 atom stereocenters. The van der Waals surface area contributed by atoms with E-state index in [9.17, 15) is 0 Å². The molecule has 0 radical (unpaired) electrons. The summed E-state index contributed by atoms with van der Waals surface area (Å²) in [5.74, 6) is 0.780. The van der Waals surface area contributed by atoms with Crippen molar-refractivity contribution in [3.8, 4) is 0 Å². The molecule has 1 nitrogen and oxygen atoms in total. The molecule has 0 fully saturated rings. The molecule has 17 heavy (non-hydrogen) atoms. The van der Waals surface area contributed by atoms with E-state index in [1.807, 2.05) is 0 Å². The number of rotatable bonds is 7. The van der Waals surface area contributed by atoms with E-state index in [1.54, 1.807) is 0 Å². The Balaban J connectivity index is 2.74. The third-order valence-corrected chi connectivity index (χ3v) is 3.90. The first-order valence-electron chi connectivity index (χ1n) is 6.66. The monoisotopic (exact) mass is 345 g/mol. The highest BCUT2D eigenvalue weighted by atomic mass is 127. The van der Waals surface area contributed by atoms with Crippen LogP contribution in [0.15, 0.2) is 24.3 Å². The van der Waals surface area contributed by atoms with Crippen LogP contribution >= 0.6 is 22.6 Å². The normalized spacial score (nSPS) is 14.6. The Morgan fingerprint density at radius 1 is 1.29 bits per heavy atom. The van der Waals surface area contributed by atoms with Crippen LogP contribution in [0.1, 0.15) is 51.6 Å². The van der Waals surface area contributed by atoms with E-state index in [-0.39, 0.29) is 0 Å². The van der Waals surface area contributed by atoms with E-state index in [1.165, 1.54) is 28.4 Å². The summed E-state index contributed by atoms with van der Waals surface area (Å²) in [7, 11) is 0. The van der Waals surface area contributed by atoms with Crippen molar-refractivity contribution in [3.63, 3.8) is 0 Å². The lowest BCUT2D eigenvalue weighted by molar-refractivity contribution is 0.402. The highest BCUT2D eigenvalue weighted by Crippen LogP contribution is 2.24. The largest absolute Gasteiger partial charge is 0.310 e. The average molecular weight is 345 g/mol. The van der Waals surface area contributed by atoms with Gasteiger partial charge in [0.1, 0.15) is 0 Å². The van der Waals surface area contributed by atoms with Crippen LogP contribution in [-0.2, 0) is 0 Å². The fourth-order valence-corrected chi connectivity index (χ4v) is 2.52. The van der Waals surface area contributed by atoms with Crippen LogP contribution in [0.5, 0.6) is 0 Å². The molecule has 0 aliphatic rings.